The van der Waals surface area contributed by atoms with Crippen LogP contribution in [0, 0.1) is 19.8 Å². The summed E-state index contributed by atoms with van der Waals surface area (Å²) in [7, 11) is 0. The Morgan fingerprint density at radius 3 is 2.43 bits per heavy atom. The zero-order valence-corrected chi connectivity index (χ0v) is 10.9. The lowest BCUT2D eigenvalue weighted by Gasteiger charge is -2.13. The van der Waals surface area contributed by atoms with Gasteiger partial charge < -0.3 is 0 Å². The molecule has 0 N–H and O–H groups in total. The van der Waals surface area contributed by atoms with Crippen LogP contribution in [-0.2, 0) is 0 Å². The first-order chi connectivity index (χ1) is 6.52. The summed E-state index contributed by atoms with van der Waals surface area (Å²) in [4.78, 5) is 0.547. The van der Waals surface area contributed by atoms with Crippen molar-refractivity contribution in [3.05, 3.63) is 34.4 Å². The fourth-order valence-corrected chi connectivity index (χ4v) is 3.50. The second kappa shape index (κ2) is 3.37. The van der Waals surface area contributed by atoms with E-state index in [2.05, 4.69) is 55.8 Å². The first kappa shape index (κ1) is 10.2. The topological polar surface area (TPSA) is 0 Å². The summed E-state index contributed by atoms with van der Waals surface area (Å²) in [6.07, 6.45) is 0. The Hall–Kier alpha value is -0.300. The van der Waals surface area contributed by atoms with Crippen molar-refractivity contribution in [2.24, 2.45) is 5.92 Å². The van der Waals surface area contributed by atoms with Gasteiger partial charge in [0.25, 0.3) is 0 Å². The van der Waals surface area contributed by atoms with Crippen LogP contribution in [0.4, 0.5) is 0 Å². The van der Waals surface area contributed by atoms with Crippen LogP contribution in [0.5, 0.6) is 0 Å². The smallest absolute Gasteiger partial charge is 0.0429 e. The average molecular weight is 253 g/mol. The van der Waals surface area contributed by atoms with E-state index in [0.717, 1.165) is 0 Å². The normalized spacial score (nSPS) is 30.5. The molecule has 76 valence electrons. The van der Waals surface area contributed by atoms with Gasteiger partial charge in [-0.1, -0.05) is 47.5 Å². The molecule has 3 atom stereocenters. The van der Waals surface area contributed by atoms with Crippen LogP contribution < -0.4 is 0 Å². The number of rotatable bonds is 0. The largest absolute Gasteiger partial charge is 0.0836 e. The third kappa shape index (κ3) is 1.33. The summed E-state index contributed by atoms with van der Waals surface area (Å²) in [6, 6.07) is 4.63. The summed E-state index contributed by atoms with van der Waals surface area (Å²) >= 11 is 3.81. The van der Waals surface area contributed by atoms with E-state index in [1.54, 1.807) is 5.56 Å². The molecule has 0 fully saturated rings. The number of benzene rings is 1. The molecule has 3 unspecified atom stereocenters. The van der Waals surface area contributed by atoms with Gasteiger partial charge in [-0.3, -0.25) is 0 Å². The van der Waals surface area contributed by atoms with Crippen molar-refractivity contribution >= 4 is 15.9 Å². The molecule has 1 heteroatoms. The van der Waals surface area contributed by atoms with Gasteiger partial charge in [-0.05, 0) is 42.4 Å². The molecular formula is C13H17Br. The minimum Gasteiger partial charge on any atom is -0.0836 e. The molecule has 0 amide bonds. The minimum absolute atomic E-state index is 0.547. The molecule has 2 rings (SSSR count). The summed E-state index contributed by atoms with van der Waals surface area (Å²) in [5.41, 5.74) is 5.93. The van der Waals surface area contributed by atoms with Gasteiger partial charge in [-0.25, -0.2) is 0 Å². The SMILES string of the molecule is Cc1cc(C)c2c(c1)C(Br)C(C)C2C. The molecular weight excluding hydrogens is 236 g/mol. The highest BCUT2D eigenvalue weighted by Crippen LogP contribution is 2.50. The lowest BCUT2D eigenvalue weighted by molar-refractivity contribution is 0.527. The van der Waals surface area contributed by atoms with Crippen LogP contribution in [-0.4, -0.2) is 0 Å². The van der Waals surface area contributed by atoms with E-state index < -0.39 is 0 Å². The first-order valence-corrected chi connectivity index (χ1v) is 6.19. The molecule has 1 aromatic carbocycles. The van der Waals surface area contributed by atoms with Gasteiger partial charge in [0.15, 0.2) is 0 Å². The van der Waals surface area contributed by atoms with Crippen LogP contribution in [0.3, 0.4) is 0 Å². The van der Waals surface area contributed by atoms with Gasteiger partial charge in [0, 0.05) is 4.83 Å². The van der Waals surface area contributed by atoms with Crippen LogP contribution in [0.25, 0.3) is 0 Å². The number of aryl methyl sites for hydroxylation is 2. The van der Waals surface area contributed by atoms with E-state index in [1.165, 1.54) is 16.7 Å². The molecule has 0 saturated carbocycles. The van der Waals surface area contributed by atoms with E-state index in [-0.39, 0.29) is 0 Å². The summed E-state index contributed by atoms with van der Waals surface area (Å²) < 4.78 is 0. The zero-order valence-electron chi connectivity index (χ0n) is 9.26. The van der Waals surface area contributed by atoms with Crippen LogP contribution >= 0.6 is 15.9 Å². The molecule has 0 radical (unpaired) electrons. The zero-order chi connectivity index (χ0) is 10.5. The average Bonchev–Trinajstić information content (AvgIpc) is 2.31. The molecule has 1 aliphatic carbocycles. The van der Waals surface area contributed by atoms with Gasteiger partial charge in [0.1, 0.15) is 0 Å². The van der Waals surface area contributed by atoms with Crippen molar-refractivity contribution in [3.63, 3.8) is 0 Å². The predicted molar refractivity (Wildman–Crippen MR) is 65.2 cm³/mol. The van der Waals surface area contributed by atoms with Gasteiger partial charge in [0.05, 0.1) is 0 Å². The van der Waals surface area contributed by atoms with E-state index in [4.69, 9.17) is 0 Å². The van der Waals surface area contributed by atoms with Crippen LogP contribution in [0.15, 0.2) is 12.1 Å². The third-order valence-corrected chi connectivity index (χ3v) is 4.89. The van der Waals surface area contributed by atoms with Gasteiger partial charge in [-0.15, -0.1) is 0 Å². The molecule has 0 aliphatic heterocycles. The van der Waals surface area contributed by atoms with Crippen LogP contribution in [0.2, 0.25) is 0 Å². The molecule has 0 aromatic heterocycles. The number of alkyl halides is 1. The van der Waals surface area contributed by atoms with Crippen molar-refractivity contribution in [2.45, 2.75) is 38.4 Å². The Labute approximate surface area is 94.8 Å². The Bertz CT molecular complexity index is 368. The lowest BCUT2D eigenvalue weighted by atomic mass is 9.93. The molecule has 0 saturated heterocycles. The summed E-state index contributed by atoms with van der Waals surface area (Å²) in [5, 5.41) is 0. The van der Waals surface area contributed by atoms with Gasteiger partial charge >= 0.3 is 0 Å². The Morgan fingerprint density at radius 2 is 1.79 bits per heavy atom. The highest BCUT2D eigenvalue weighted by molar-refractivity contribution is 9.09. The molecule has 14 heavy (non-hydrogen) atoms. The van der Waals surface area contributed by atoms with Crippen molar-refractivity contribution < 1.29 is 0 Å². The fraction of sp³-hybridized carbons (Fsp3) is 0.538. The van der Waals surface area contributed by atoms with E-state index in [1.807, 2.05) is 0 Å². The Morgan fingerprint density at radius 1 is 1.14 bits per heavy atom. The fourth-order valence-electron chi connectivity index (χ4n) is 2.66. The monoisotopic (exact) mass is 252 g/mol. The molecule has 1 aliphatic rings. The second-order valence-corrected chi connectivity index (χ2v) is 5.62. The molecule has 1 aromatic rings. The molecule has 0 nitrogen and oxygen atoms in total. The second-order valence-electron chi connectivity index (χ2n) is 4.63. The predicted octanol–water partition coefficient (Wildman–Crippen LogP) is 4.49. The minimum atomic E-state index is 0.547. The van der Waals surface area contributed by atoms with E-state index >= 15 is 0 Å². The van der Waals surface area contributed by atoms with Crippen molar-refractivity contribution in [1.29, 1.82) is 0 Å². The van der Waals surface area contributed by atoms with Gasteiger partial charge in [0.2, 0.25) is 0 Å². The molecule has 0 spiro atoms. The van der Waals surface area contributed by atoms with Crippen molar-refractivity contribution in [1.82, 2.24) is 0 Å². The quantitative estimate of drug-likeness (QED) is 0.597. The number of halogens is 1. The lowest BCUT2D eigenvalue weighted by Crippen LogP contribution is -2.00. The number of fused-ring (bicyclic) bond motifs is 1. The highest BCUT2D eigenvalue weighted by atomic mass is 79.9. The Balaban J connectivity index is 2.63. The maximum absolute atomic E-state index is 3.81. The molecule has 0 bridgehead atoms. The first-order valence-electron chi connectivity index (χ1n) is 5.27. The summed E-state index contributed by atoms with van der Waals surface area (Å²) in [5.74, 6) is 1.40. The standard InChI is InChI=1S/C13H17Br/c1-7-5-8(2)12-9(3)10(4)13(14)11(12)6-7/h5-6,9-10,13H,1-4H3. The maximum Gasteiger partial charge on any atom is 0.0429 e. The van der Waals surface area contributed by atoms with E-state index in [0.29, 0.717) is 16.7 Å². The van der Waals surface area contributed by atoms with Crippen molar-refractivity contribution in [2.75, 3.05) is 0 Å². The van der Waals surface area contributed by atoms with Crippen LogP contribution in [0.1, 0.15) is 46.8 Å². The number of hydrogen-bond donors (Lipinski definition) is 0. The van der Waals surface area contributed by atoms with Gasteiger partial charge in [-0.2, -0.15) is 0 Å². The Kier molecular flexibility index (Phi) is 2.46. The highest BCUT2D eigenvalue weighted by Gasteiger charge is 2.34. The molecule has 0 heterocycles. The third-order valence-electron chi connectivity index (χ3n) is 3.57. The van der Waals surface area contributed by atoms with E-state index in [9.17, 15) is 0 Å². The summed E-state index contributed by atoms with van der Waals surface area (Å²) in [6.45, 7) is 9.09. The maximum atomic E-state index is 3.81. The van der Waals surface area contributed by atoms with Crippen molar-refractivity contribution in [3.8, 4) is 0 Å². The number of hydrogen-bond acceptors (Lipinski definition) is 0.